The largest absolute Gasteiger partial charge is 0.484 e. The lowest BCUT2D eigenvalue weighted by molar-refractivity contribution is -0.123. The van der Waals surface area contributed by atoms with Crippen molar-refractivity contribution in [3.63, 3.8) is 0 Å². The maximum absolute atomic E-state index is 11.8. The van der Waals surface area contributed by atoms with Gasteiger partial charge in [0.1, 0.15) is 5.75 Å². The minimum absolute atomic E-state index is 0.0650. The van der Waals surface area contributed by atoms with E-state index < -0.39 is 5.91 Å². The summed E-state index contributed by atoms with van der Waals surface area (Å²) in [5.74, 6) is -0.157. The van der Waals surface area contributed by atoms with E-state index in [0.29, 0.717) is 17.9 Å². The summed E-state index contributed by atoms with van der Waals surface area (Å²) >= 11 is 0. The van der Waals surface area contributed by atoms with E-state index in [4.69, 9.17) is 10.5 Å². The van der Waals surface area contributed by atoms with Gasteiger partial charge in [0.15, 0.2) is 6.61 Å². The van der Waals surface area contributed by atoms with Crippen molar-refractivity contribution in [1.82, 2.24) is 5.32 Å². The van der Waals surface area contributed by atoms with Crippen LogP contribution in [0.3, 0.4) is 0 Å². The number of hydrogen-bond donors (Lipinski definition) is 2. The predicted molar refractivity (Wildman–Crippen MR) is 97.8 cm³/mol. The van der Waals surface area contributed by atoms with E-state index in [2.05, 4.69) is 22.3 Å². The number of rotatable bonds is 9. The van der Waals surface area contributed by atoms with Gasteiger partial charge >= 0.3 is 0 Å². The molecule has 2 aromatic carbocycles. The van der Waals surface area contributed by atoms with Crippen molar-refractivity contribution in [3.8, 4) is 5.75 Å². The van der Waals surface area contributed by atoms with Gasteiger partial charge in [-0.05, 0) is 42.8 Å². The number of primary amides is 1. The average Bonchev–Trinajstić information content (AvgIpc) is 2.64. The van der Waals surface area contributed by atoms with Crippen molar-refractivity contribution in [2.75, 3.05) is 31.6 Å². The second kappa shape index (κ2) is 9.32. The van der Waals surface area contributed by atoms with E-state index in [0.717, 1.165) is 18.7 Å². The van der Waals surface area contributed by atoms with Gasteiger partial charge in [-0.15, -0.1) is 0 Å². The van der Waals surface area contributed by atoms with Gasteiger partial charge in [-0.25, -0.2) is 0 Å². The molecule has 0 saturated heterocycles. The van der Waals surface area contributed by atoms with Crippen LogP contribution < -0.4 is 20.7 Å². The Morgan fingerprint density at radius 1 is 1.08 bits per heavy atom. The van der Waals surface area contributed by atoms with Gasteiger partial charge in [0, 0.05) is 31.4 Å². The zero-order chi connectivity index (χ0) is 18.1. The number of amides is 2. The molecule has 2 rings (SSSR count). The Balaban J connectivity index is 1.63. The van der Waals surface area contributed by atoms with Crippen LogP contribution in [0, 0.1) is 0 Å². The first kappa shape index (κ1) is 18.3. The van der Waals surface area contributed by atoms with Crippen molar-refractivity contribution < 1.29 is 14.3 Å². The van der Waals surface area contributed by atoms with Gasteiger partial charge in [-0.3, -0.25) is 9.59 Å². The van der Waals surface area contributed by atoms with Crippen LogP contribution >= 0.6 is 0 Å². The summed E-state index contributed by atoms with van der Waals surface area (Å²) in [6.45, 7) is 1.37. The highest BCUT2D eigenvalue weighted by Gasteiger charge is 2.05. The molecular weight excluding hydrogens is 318 g/mol. The van der Waals surface area contributed by atoms with Gasteiger partial charge in [-0.2, -0.15) is 0 Å². The summed E-state index contributed by atoms with van der Waals surface area (Å²) in [6, 6.07) is 16.4. The van der Waals surface area contributed by atoms with Crippen molar-refractivity contribution in [1.29, 1.82) is 0 Å². The molecule has 2 aromatic rings. The van der Waals surface area contributed by atoms with Crippen LogP contribution in [-0.2, 0) is 4.79 Å². The average molecular weight is 341 g/mol. The Kier molecular flexibility index (Phi) is 6.83. The molecule has 0 unspecified atom stereocenters. The molecule has 6 nitrogen and oxygen atoms in total. The Morgan fingerprint density at radius 2 is 1.76 bits per heavy atom. The molecule has 3 N–H and O–H groups in total. The van der Waals surface area contributed by atoms with Crippen LogP contribution in [0.4, 0.5) is 5.69 Å². The Labute approximate surface area is 147 Å². The molecule has 0 aliphatic heterocycles. The fourth-order valence-corrected chi connectivity index (χ4v) is 2.27. The minimum atomic E-state index is -0.496. The summed E-state index contributed by atoms with van der Waals surface area (Å²) in [6.07, 6.45) is 0.838. The Morgan fingerprint density at radius 3 is 2.40 bits per heavy atom. The van der Waals surface area contributed by atoms with E-state index >= 15 is 0 Å². The van der Waals surface area contributed by atoms with Crippen molar-refractivity contribution >= 4 is 17.5 Å². The third-order valence-corrected chi connectivity index (χ3v) is 3.70. The molecule has 6 heteroatoms. The quantitative estimate of drug-likeness (QED) is 0.681. The molecule has 0 fully saturated rings. The Bertz CT molecular complexity index is 687. The number of nitrogens with one attached hydrogen (secondary N) is 1. The highest BCUT2D eigenvalue weighted by Crippen LogP contribution is 2.12. The first-order valence-corrected chi connectivity index (χ1v) is 8.12. The highest BCUT2D eigenvalue weighted by atomic mass is 16.5. The summed E-state index contributed by atoms with van der Waals surface area (Å²) in [5.41, 5.74) is 6.72. The monoisotopic (exact) mass is 341 g/mol. The van der Waals surface area contributed by atoms with E-state index in [1.165, 1.54) is 0 Å². The van der Waals surface area contributed by atoms with Gasteiger partial charge in [0.2, 0.25) is 5.91 Å². The number of benzene rings is 2. The maximum Gasteiger partial charge on any atom is 0.257 e. The van der Waals surface area contributed by atoms with Crippen molar-refractivity contribution in [3.05, 3.63) is 60.2 Å². The fraction of sp³-hybridized carbons (Fsp3) is 0.263. The second-order valence-corrected chi connectivity index (χ2v) is 5.64. The number of nitrogens with zero attached hydrogens (tertiary/aromatic N) is 1. The molecule has 0 saturated carbocycles. The molecular formula is C19H23N3O3. The molecule has 0 spiro atoms. The van der Waals surface area contributed by atoms with Gasteiger partial charge in [-0.1, -0.05) is 18.2 Å². The molecule has 2 amide bonds. The lowest BCUT2D eigenvalue weighted by atomic mass is 10.2. The second-order valence-electron chi connectivity index (χ2n) is 5.64. The number of nitrogens with two attached hydrogens (primary N) is 1. The molecule has 0 bridgehead atoms. The van der Waals surface area contributed by atoms with Crippen LogP contribution in [-0.4, -0.2) is 38.6 Å². The van der Waals surface area contributed by atoms with Crippen molar-refractivity contribution in [2.45, 2.75) is 6.42 Å². The Hall–Kier alpha value is -3.02. The van der Waals surface area contributed by atoms with Crippen LogP contribution in [0.1, 0.15) is 16.8 Å². The third kappa shape index (κ3) is 6.18. The van der Waals surface area contributed by atoms with Crippen LogP contribution in [0.2, 0.25) is 0 Å². The highest BCUT2D eigenvalue weighted by molar-refractivity contribution is 5.92. The number of para-hydroxylation sites is 1. The van der Waals surface area contributed by atoms with Gasteiger partial charge in [0.25, 0.3) is 5.91 Å². The third-order valence-electron chi connectivity index (χ3n) is 3.70. The first-order chi connectivity index (χ1) is 12.1. The van der Waals surface area contributed by atoms with E-state index in [9.17, 15) is 9.59 Å². The summed E-state index contributed by atoms with van der Waals surface area (Å²) in [5, 5.41) is 2.82. The van der Waals surface area contributed by atoms with Gasteiger partial charge < -0.3 is 20.7 Å². The topological polar surface area (TPSA) is 84.7 Å². The predicted octanol–water partition coefficient (Wildman–Crippen LogP) is 1.81. The van der Waals surface area contributed by atoms with E-state index in [1.807, 2.05) is 25.2 Å². The zero-order valence-corrected chi connectivity index (χ0v) is 14.3. The van der Waals surface area contributed by atoms with Gasteiger partial charge in [0.05, 0.1) is 0 Å². The fourth-order valence-electron chi connectivity index (χ4n) is 2.27. The lowest BCUT2D eigenvalue weighted by Crippen LogP contribution is -2.31. The molecule has 0 radical (unpaired) electrons. The first-order valence-electron chi connectivity index (χ1n) is 8.12. The zero-order valence-electron chi connectivity index (χ0n) is 14.3. The van der Waals surface area contributed by atoms with E-state index in [-0.39, 0.29) is 12.5 Å². The van der Waals surface area contributed by atoms with E-state index in [1.54, 1.807) is 24.3 Å². The molecule has 132 valence electrons. The minimum Gasteiger partial charge on any atom is -0.484 e. The lowest BCUT2D eigenvalue weighted by Gasteiger charge is -2.19. The number of hydrogen-bond acceptors (Lipinski definition) is 4. The molecule has 0 aliphatic carbocycles. The number of carbonyl (C=O) groups excluding carboxylic acids is 2. The smallest absolute Gasteiger partial charge is 0.257 e. The van der Waals surface area contributed by atoms with Crippen LogP contribution in [0.25, 0.3) is 0 Å². The summed E-state index contributed by atoms with van der Waals surface area (Å²) < 4.78 is 5.38. The van der Waals surface area contributed by atoms with Crippen LogP contribution in [0.15, 0.2) is 54.6 Å². The molecule has 25 heavy (non-hydrogen) atoms. The van der Waals surface area contributed by atoms with Crippen molar-refractivity contribution in [2.24, 2.45) is 5.73 Å². The molecule has 0 atom stereocenters. The number of carbonyl (C=O) groups is 2. The standard InChI is InChI=1S/C19H23N3O3/c1-22(16-6-3-2-4-7-16)13-5-12-21-18(23)14-25-17-10-8-15(9-11-17)19(20)24/h2-4,6-11H,5,12-14H2,1H3,(H2,20,24)(H,21,23). The summed E-state index contributed by atoms with van der Waals surface area (Å²) in [4.78, 5) is 24.9. The van der Waals surface area contributed by atoms with Crippen LogP contribution in [0.5, 0.6) is 5.75 Å². The molecule has 0 aliphatic rings. The molecule has 0 heterocycles. The number of ether oxygens (including phenoxy) is 1. The summed E-state index contributed by atoms with van der Waals surface area (Å²) in [7, 11) is 2.02. The SMILES string of the molecule is CN(CCCNC(=O)COc1ccc(C(N)=O)cc1)c1ccccc1. The maximum atomic E-state index is 11.8. The number of anilines is 1. The molecule has 0 aromatic heterocycles. The normalized spacial score (nSPS) is 10.1.